The second-order valence-electron chi connectivity index (χ2n) is 7.47. The van der Waals surface area contributed by atoms with Crippen molar-refractivity contribution in [2.45, 2.75) is 25.3 Å². The number of amides is 1. The molecule has 1 amide bonds. The molecule has 2 aliphatic rings. The van der Waals surface area contributed by atoms with Gasteiger partial charge in [-0.2, -0.15) is 0 Å². The Kier molecular flexibility index (Phi) is 4.56. The summed E-state index contributed by atoms with van der Waals surface area (Å²) >= 11 is 0. The van der Waals surface area contributed by atoms with Gasteiger partial charge in [-0.1, -0.05) is 49.4 Å². The number of carbonyl (C=O) groups excluding carboxylic acids is 2. The second-order valence-corrected chi connectivity index (χ2v) is 7.47. The van der Waals surface area contributed by atoms with Crippen LogP contribution in [0.3, 0.4) is 0 Å². The summed E-state index contributed by atoms with van der Waals surface area (Å²) in [5.41, 5.74) is 0.755. The van der Waals surface area contributed by atoms with Gasteiger partial charge in [-0.15, -0.1) is 0 Å². The van der Waals surface area contributed by atoms with E-state index >= 15 is 0 Å². The Morgan fingerprint density at radius 1 is 1.18 bits per heavy atom. The van der Waals surface area contributed by atoms with Crippen molar-refractivity contribution in [3.8, 4) is 0 Å². The summed E-state index contributed by atoms with van der Waals surface area (Å²) in [4.78, 5) is 36.1. The average Bonchev–Trinajstić information content (AvgIpc) is 2.74. The third-order valence-electron chi connectivity index (χ3n) is 6.02. The number of allylic oxidation sites excluding steroid dienone is 1. The van der Waals surface area contributed by atoms with Crippen LogP contribution < -0.4 is 0 Å². The monoisotopic (exact) mass is 371 g/mol. The molecule has 0 saturated carbocycles. The largest absolute Gasteiger partial charge is 0.336 e. The Morgan fingerprint density at radius 3 is 2.61 bits per heavy atom. The zero-order valence-corrected chi connectivity index (χ0v) is 15.7. The average molecular weight is 371 g/mol. The van der Waals surface area contributed by atoms with Gasteiger partial charge in [0.15, 0.2) is 5.78 Å². The van der Waals surface area contributed by atoms with E-state index in [4.69, 9.17) is 6.57 Å². The van der Waals surface area contributed by atoms with Crippen LogP contribution >= 0.6 is 0 Å². The number of rotatable bonds is 3. The number of fused-ring (bicyclic) bond motifs is 1. The number of hydrogen-bond acceptors (Lipinski definition) is 3. The van der Waals surface area contributed by atoms with E-state index < -0.39 is 5.41 Å². The molecule has 0 bridgehead atoms. The molecular formula is C23H21N3O2. The highest BCUT2D eigenvalue weighted by molar-refractivity contribution is 6.04. The van der Waals surface area contributed by atoms with Gasteiger partial charge in [0.1, 0.15) is 0 Å². The molecule has 2 heterocycles. The molecule has 5 nitrogen and oxygen atoms in total. The van der Waals surface area contributed by atoms with Crippen LogP contribution in [-0.2, 0) is 21.5 Å². The predicted octanol–water partition coefficient (Wildman–Crippen LogP) is 3.39. The number of likely N-dealkylation sites (tertiary alicyclic amines) is 1. The number of carbonyl (C=O) groups is 2. The smallest absolute Gasteiger partial charge is 0.236 e. The maximum atomic E-state index is 13.8. The molecule has 1 aliphatic heterocycles. The van der Waals surface area contributed by atoms with Crippen LogP contribution in [-0.4, -0.2) is 28.1 Å². The van der Waals surface area contributed by atoms with Gasteiger partial charge in [-0.25, -0.2) is 4.85 Å². The first-order valence-corrected chi connectivity index (χ1v) is 9.47. The van der Waals surface area contributed by atoms with Crippen molar-refractivity contribution in [1.29, 1.82) is 0 Å². The van der Waals surface area contributed by atoms with Gasteiger partial charge < -0.3 is 9.69 Å². The van der Waals surface area contributed by atoms with Crippen molar-refractivity contribution in [3.63, 3.8) is 0 Å². The van der Waals surface area contributed by atoms with Crippen LogP contribution in [0.25, 0.3) is 4.85 Å². The molecule has 1 aliphatic carbocycles. The molecular weight excluding hydrogens is 350 g/mol. The number of aromatic nitrogens is 1. The minimum Gasteiger partial charge on any atom is -0.336 e. The van der Waals surface area contributed by atoms with Crippen molar-refractivity contribution in [1.82, 2.24) is 9.88 Å². The van der Waals surface area contributed by atoms with E-state index in [9.17, 15) is 9.59 Å². The van der Waals surface area contributed by atoms with Crippen molar-refractivity contribution >= 4 is 11.7 Å². The number of nitrogens with zero attached hydrogens (tertiary/aromatic N) is 3. The van der Waals surface area contributed by atoms with Gasteiger partial charge in [0.2, 0.25) is 11.6 Å². The van der Waals surface area contributed by atoms with Gasteiger partial charge in [-0.3, -0.25) is 9.78 Å². The van der Waals surface area contributed by atoms with E-state index in [0.717, 1.165) is 11.3 Å². The van der Waals surface area contributed by atoms with Crippen LogP contribution in [0.1, 0.15) is 24.6 Å². The lowest BCUT2D eigenvalue weighted by Crippen LogP contribution is -2.59. The van der Waals surface area contributed by atoms with E-state index in [1.807, 2.05) is 60.4 Å². The molecule has 3 atom stereocenters. The molecule has 140 valence electrons. The quantitative estimate of drug-likeness (QED) is 0.777. The first-order valence-electron chi connectivity index (χ1n) is 9.47. The van der Waals surface area contributed by atoms with Gasteiger partial charge in [0.25, 0.3) is 0 Å². The summed E-state index contributed by atoms with van der Waals surface area (Å²) in [5, 5.41) is 0. The number of Topliss-reactive ketones (excluding diaryl/α,β-unsaturated/α-hetero) is 1. The van der Waals surface area contributed by atoms with Crippen LogP contribution in [0, 0.1) is 18.4 Å². The SMILES string of the molecule is [C-]#[N+]C1=C[C@@]2(c3ccccc3)C(=O)N(Cc3ccccn3)CC[C@@H]2[C@@H](C)C1=O. The maximum absolute atomic E-state index is 13.8. The molecule has 0 unspecified atom stereocenters. The third-order valence-corrected chi connectivity index (χ3v) is 6.02. The van der Waals surface area contributed by atoms with E-state index in [1.54, 1.807) is 12.3 Å². The van der Waals surface area contributed by atoms with Gasteiger partial charge in [0, 0.05) is 18.7 Å². The van der Waals surface area contributed by atoms with Crippen molar-refractivity contribution in [3.05, 3.63) is 89.2 Å². The normalized spacial score (nSPS) is 27.0. The van der Waals surface area contributed by atoms with Crippen molar-refractivity contribution in [2.75, 3.05) is 6.54 Å². The molecule has 0 N–H and O–H groups in total. The van der Waals surface area contributed by atoms with Crippen LogP contribution in [0.2, 0.25) is 0 Å². The van der Waals surface area contributed by atoms with Crippen LogP contribution in [0.4, 0.5) is 0 Å². The highest BCUT2D eigenvalue weighted by Gasteiger charge is 2.56. The molecule has 1 fully saturated rings. The van der Waals surface area contributed by atoms with Crippen LogP contribution in [0.15, 0.2) is 66.5 Å². The van der Waals surface area contributed by atoms with Gasteiger partial charge in [-0.05, 0) is 30.0 Å². The third kappa shape index (κ3) is 2.73. The maximum Gasteiger partial charge on any atom is 0.236 e. The molecule has 4 rings (SSSR count). The predicted molar refractivity (Wildman–Crippen MR) is 105 cm³/mol. The number of hydrogen-bond donors (Lipinski definition) is 0. The Labute approximate surface area is 164 Å². The Morgan fingerprint density at radius 2 is 1.93 bits per heavy atom. The molecule has 1 aromatic carbocycles. The van der Waals surface area contributed by atoms with Crippen LogP contribution in [0.5, 0.6) is 0 Å². The molecule has 28 heavy (non-hydrogen) atoms. The lowest BCUT2D eigenvalue weighted by atomic mass is 9.58. The minimum atomic E-state index is -0.985. The van der Waals surface area contributed by atoms with E-state index in [-0.39, 0.29) is 29.2 Å². The molecule has 1 aromatic heterocycles. The Hall–Kier alpha value is -3.26. The topological polar surface area (TPSA) is 54.6 Å². The zero-order valence-electron chi connectivity index (χ0n) is 15.7. The lowest BCUT2D eigenvalue weighted by molar-refractivity contribution is -0.145. The van der Waals surface area contributed by atoms with Crippen molar-refractivity contribution < 1.29 is 9.59 Å². The molecule has 0 radical (unpaired) electrons. The summed E-state index contributed by atoms with van der Waals surface area (Å²) in [5.74, 6) is -0.728. The van der Waals surface area contributed by atoms with Gasteiger partial charge >= 0.3 is 0 Å². The summed E-state index contributed by atoms with van der Waals surface area (Å²) in [7, 11) is 0. The summed E-state index contributed by atoms with van der Waals surface area (Å²) in [6.07, 6.45) is 4.06. The molecule has 1 saturated heterocycles. The highest BCUT2D eigenvalue weighted by Crippen LogP contribution is 2.49. The minimum absolute atomic E-state index is 0.0545. The molecule has 0 spiro atoms. The fraction of sp³-hybridized carbons (Fsp3) is 0.304. The first-order chi connectivity index (χ1) is 13.6. The fourth-order valence-electron chi connectivity index (χ4n) is 4.62. The number of ketones is 1. The standard InChI is InChI=1S/C23H21N3O2/c1-16-19-11-13-26(15-18-10-6-7-12-25-18)22(28)23(19,14-20(24-2)21(16)27)17-8-4-3-5-9-17/h3-10,12,14,16,19H,11,13,15H2,1H3/t16-,19-,23+/m1/s1. The number of piperidine rings is 1. The van der Waals surface area contributed by atoms with E-state index in [2.05, 4.69) is 9.83 Å². The van der Waals surface area contributed by atoms with E-state index in [1.165, 1.54) is 0 Å². The van der Waals surface area contributed by atoms with Crippen molar-refractivity contribution in [2.24, 2.45) is 11.8 Å². The highest BCUT2D eigenvalue weighted by atomic mass is 16.2. The second kappa shape index (κ2) is 7.05. The zero-order chi connectivity index (χ0) is 19.7. The summed E-state index contributed by atoms with van der Waals surface area (Å²) in [6.45, 7) is 10.3. The van der Waals surface area contributed by atoms with Gasteiger partial charge in [0.05, 0.1) is 24.2 Å². The fourth-order valence-corrected chi connectivity index (χ4v) is 4.62. The summed E-state index contributed by atoms with van der Waals surface area (Å²) in [6, 6.07) is 15.2. The first kappa shape index (κ1) is 18.1. The summed E-state index contributed by atoms with van der Waals surface area (Å²) < 4.78 is 0. The molecule has 2 aromatic rings. The Bertz CT molecular complexity index is 978. The lowest BCUT2D eigenvalue weighted by Gasteiger charge is -2.50. The number of pyridine rings is 1. The number of benzene rings is 1. The Balaban J connectivity index is 1.84. The molecule has 5 heteroatoms. The van der Waals surface area contributed by atoms with E-state index in [0.29, 0.717) is 19.5 Å².